The van der Waals surface area contributed by atoms with Gasteiger partial charge in [0.15, 0.2) is 0 Å². The van der Waals surface area contributed by atoms with Crippen molar-refractivity contribution in [2.75, 3.05) is 0 Å². The van der Waals surface area contributed by atoms with Gasteiger partial charge in [-0.25, -0.2) is 0 Å². The van der Waals surface area contributed by atoms with Crippen LogP contribution < -0.4 is 0 Å². The van der Waals surface area contributed by atoms with E-state index in [9.17, 15) is 0 Å². The molecule has 0 nitrogen and oxygen atoms in total. The fourth-order valence-electron chi connectivity index (χ4n) is 2.74. The van der Waals surface area contributed by atoms with Crippen LogP contribution in [0.3, 0.4) is 0 Å². The van der Waals surface area contributed by atoms with Crippen LogP contribution in [0.25, 0.3) is 17.2 Å². The normalized spacial score (nSPS) is 21.1. The predicted octanol–water partition coefficient (Wildman–Crippen LogP) is 5.36. The summed E-state index contributed by atoms with van der Waals surface area (Å²) in [6.07, 6.45) is 11.3. The zero-order valence-electron chi connectivity index (χ0n) is 12.7. The Hall–Kier alpha value is -1.45. The first kappa shape index (κ1) is 15.4. The summed E-state index contributed by atoms with van der Waals surface area (Å²) < 4.78 is 1.16. The molecule has 0 aromatic heterocycles. The molecule has 0 saturated carbocycles. The Morgan fingerprint density at radius 1 is 1.00 bits per heavy atom. The van der Waals surface area contributed by atoms with Crippen molar-refractivity contribution in [3.05, 3.63) is 88.7 Å². The Morgan fingerprint density at radius 3 is 2.45 bits per heavy atom. The van der Waals surface area contributed by atoms with Gasteiger partial charge in [-0.2, -0.15) is 0 Å². The van der Waals surface area contributed by atoms with Crippen molar-refractivity contribution in [3.8, 4) is 11.1 Å². The van der Waals surface area contributed by atoms with Crippen LogP contribution in [-0.2, 0) is 0 Å². The van der Waals surface area contributed by atoms with Crippen molar-refractivity contribution >= 4 is 35.4 Å². The quantitative estimate of drug-likeness (QED) is 0.529. The van der Waals surface area contributed by atoms with E-state index in [0.717, 1.165) is 10.7 Å². The third-order valence-electron chi connectivity index (χ3n) is 4.10. The van der Waals surface area contributed by atoms with Crippen molar-refractivity contribution < 1.29 is 0 Å². The van der Waals surface area contributed by atoms with Gasteiger partial charge in [0.2, 0.25) is 0 Å². The zero-order chi connectivity index (χ0) is 15.4. The van der Waals surface area contributed by atoms with Crippen molar-refractivity contribution in [2.45, 2.75) is 11.3 Å². The van der Waals surface area contributed by atoms with Crippen LogP contribution in [0.5, 0.6) is 0 Å². The van der Waals surface area contributed by atoms with Gasteiger partial charge in [0.05, 0.1) is 0 Å². The molecule has 22 heavy (non-hydrogen) atoms. The molecule has 1 aliphatic carbocycles. The number of allylic oxidation sites excluding steroid dienone is 5. The molecule has 3 rings (SSSR count). The second-order valence-corrected chi connectivity index (χ2v) is 6.31. The first-order valence-corrected chi connectivity index (χ1v) is 7.93. The van der Waals surface area contributed by atoms with Crippen LogP contribution in [-0.4, -0.2) is 22.6 Å². The summed E-state index contributed by atoms with van der Waals surface area (Å²) in [5.41, 5.74) is 3.66. The molecule has 1 aliphatic rings. The van der Waals surface area contributed by atoms with E-state index in [4.69, 9.17) is 11.6 Å². The molecule has 2 aromatic carbocycles. The molecular formula is C20H16ClLi. The first-order valence-electron chi connectivity index (χ1n) is 7.55. The molecule has 0 amide bonds. The van der Waals surface area contributed by atoms with Gasteiger partial charge in [-0.3, -0.25) is 0 Å². The van der Waals surface area contributed by atoms with Crippen molar-refractivity contribution in [1.29, 1.82) is 0 Å². The van der Waals surface area contributed by atoms with Gasteiger partial charge < -0.3 is 0 Å². The molecule has 0 aliphatic heterocycles. The molecule has 0 radical (unpaired) electrons. The van der Waals surface area contributed by atoms with E-state index in [1.165, 1.54) is 16.7 Å². The maximum atomic E-state index is 6.77. The van der Waals surface area contributed by atoms with Crippen LogP contribution in [0.15, 0.2) is 83.1 Å². The SMILES string of the molecule is [Li][C](=Cc1ccccc1-c1ccccc1)C1(Cl)C=CC=CC1. The summed E-state index contributed by atoms with van der Waals surface area (Å²) in [6, 6.07) is 18.9. The Morgan fingerprint density at radius 2 is 1.73 bits per heavy atom. The van der Waals surface area contributed by atoms with E-state index in [0.29, 0.717) is 0 Å². The molecule has 104 valence electrons. The molecule has 0 saturated heterocycles. The van der Waals surface area contributed by atoms with E-state index in [1.54, 1.807) is 0 Å². The molecule has 0 fully saturated rings. The van der Waals surface area contributed by atoms with Crippen LogP contribution in [0.2, 0.25) is 0 Å². The number of hydrogen-bond donors (Lipinski definition) is 0. The van der Waals surface area contributed by atoms with Gasteiger partial charge in [0.1, 0.15) is 0 Å². The molecule has 2 aromatic rings. The van der Waals surface area contributed by atoms with E-state index in [2.05, 4.69) is 84.5 Å². The molecule has 0 spiro atoms. The van der Waals surface area contributed by atoms with Crippen LogP contribution >= 0.6 is 11.6 Å². The summed E-state index contributed by atoms with van der Waals surface area (Å²) in [4.78, 5) is -0.404. The third kappa shape index (κ3) is 3.31. The van der Waals surface area contributed by atoms with Crippen LogP contribution in [0, 0.1) is 0 Å². The number of rotatable bonds is 3. The zero-order valence-corrected chi connectivity index (χ0v) is 13.4. The number of hydrogen-bond acceptors (Lipinski definition) is 0. The first-order chi connectivity index (χ1) is 10.7. The maximum absolute atomic E-state index is 6.77. The summed E-state index contributed by atoms with van der Waals surface area (Å²) >= 11 is 8.88. The Balaban J connectivity index is 2.01. The van der Waals surface area contributed by atoms with Crippen LogP contribution in [0.4, 0.5) is 0 Å². The fourth-order valence-corrected chi connectivity index (χ4v) is 2.96. The van der Waals surface area contributed by atoms with E-state index in [1.807, 2.05) is 18.2 Å². The van der Waals surface area contributed by atoms with E-state index >= 15 is 0 Å². The van der Waals surface area contributed by atoms with Crippen molar-refractivity contribution in [2.24, 2.45) is 0 Å². The number of alkyl halides is 1. The van der Waals surface area contributed by atoms with Crippen molar-refractivity contribution in [1.82, 2.24) is 0 Å². The molecule has 0 bridgehead atoms. The second-order valence-electron chi connectivity index (χ2n) is 5.63. The van der Waals surface area contributed by atoms with Gasteiger partial charge >= 0.3 is 147 Å². The standard InChI is InChI=1S/C20H16Cl.Li/c21-20(14-7-2-8-15-20)16-13-18-11-5-6-12-19(18)17-9-3-1-4-10-17;/h1-14H,15H2;. The van der Waals surface area contributed by atoms with Gasteiger partial charge in [0.25, 0.3) is 0 Å². The minimum atomic E-state index is -0.404. The summed E-state index contributed by atoms with van der Waals surface area (Å²) in [6.45, 7) is 0. The van der Waals surface area contributed by atoms with Crippen LogP contribution in [0.1, 0.15) is 12.0 Å². The fraction of sp³-hybridized carbons (Fsp3) is 0.100. The van der Waals surface area contributed by atoms with E-state index < -0.39 is 4.87 Å². The second kappa shape index (κ2) is 6.76. The summed E-state index contributed by atoms with van der Waals surface area (Å²) in [7, 11) is 0. The molecule has 1 unspecified atom stereocenters. The molecule has 0 N–H and O–H groups in total. The summed E-state index contributed by atoms with van der Waals surface area (Å²) in [5, 5.41) is 0. The average Bonchev–Trinajstić information content (AvgIpc) is 2.57. The minimum absolute atomic E-state index is 0.404. The topological polar surface area (TPSA) is 0 Å². The van der Waals surface area contributed by atoms with Gasteiger partial charge in [-0.05, 0) is 0 Å². The predicted molar refractivity (Wildman–Crippen MR) is 97.1 cm³/mol. The summed E-state index contributed by atoms with van der Waals surface area (Å²) in [5.74, 6) is 0. The Labute approximate surface area is 146 Å². The van der Waals surface area contributed by atoms with Crippen molar-refractivity contribution in [3.63, 3.8) is 0 Å². The number of benzene rings is 2. The van der Waals surface area contributed by atoms with Gasteiger partial charge in [-0.15, -0.1) is 0 Å². The molecule has 1 atom stereocenters. The molecule has 0 heterocycles. The van der Waals surface area contributed by atoms with E-state index in [-0.39, 0.29) is 0 Å². The van der Waals surface area contributed by atoms with Gasteiger partial charge in [0, 0.05) is 0 Å². The third-order valence-corrected chi connectivity index (χ3v) is 4.67. The number of halogens is 1. The molecule has 2 heteroatoms. The van der Waals surface area contributed by atoms with Gasteiger partial charge in [-0.1, -0.05) is 0 Å². The average molecular weight is 299 g/mol. The molecular weight excluding hydrogens is 283 g/mol. The monoisotopic (exact) mass is 298 g/mol. The Kier molecular flexibility index (Phi) is 4.74. The Bertz CT molecular complexity index is 743.